The minimum Gasteiger partial charge on any atom is -0.374 e. The van der Waals surface area contributed by atoms with Crippen molar-refractivity contribution in [3.63, 3.8) is 0 Å². The zero-order valence-electron chi connectivity index (χ0n) is 11.2. The van der Waals surface area contributed by atoms with Crippen molar-refractivity contribution in [1.82, 2.24) is 9.97 Å². The van der Waals surface area contributed by atoms with Crippen LogP contribution in [-0.4, -0.2) is 9.97 Å². The second-order valence-corrected chi connectivity index (χ2v) is 6.62. The fraction of sp³-hybridized carbons (Fsp3) is 0.385. The van der Waals surface area contributed by atoms with Crippen LogP contribution in [0.25, 0.3) is 0 Å². The first-order chi connectivity index (χ1) is 8.88. The van der Waals surface area contributed by atoms with Crippen molar-refractivity contribution in [2.45, 2.75) is 33.7 Å². The summed E-state index contributed by atoms with van der Waals surface area (Å²) in [6, 6.07) is 1.87. The summed E-state index contributed by atoms with van der Waals surface area (Å²) >= 11 is 13.7. The Morgan fingerprint density at radius 3 is 2.42 bits per heavy atom. The highest BCUT2D eigenvalue weighted by Gasteiger charge is 2.16. The Bertz CT molecular complexity index is 587. The molecule has 102 valence electrons. The smallest absolute Gasteiger partial charge is 0.154 e. The van der Waals surface area contributed by atoms with E-state index >= 15 is 0 Å². The summed E-state index contributed by atoms with van der Waals surface area (Å²) in [5, 5.41) is 5.23. The van der Waals surface area contributed by atoms with Crippen molar-refractivity contribution in [1.29, 1.82) is 0 Å². The SMILES string of the molecule is Cc1nc(C(C)Nc2c(C)cc(Cl)nc2Cl)c(C)s1. The first-order valence-corrected chi connectivity index (χ1v) is 7.49. The second kappa shape index (κ2) is 5.65. The van der Waals surface area contributed by atoms with Gasteiger partial charge in [-0.25, -0.2) is 9.97 Å². The molecule has 0 aliphatic heterocycles. The van der Waals surface area contributed by atoms with E-state index in [1.54, 1.807) is 17.4 Å². The Morgan fingerprint density at radius 2 is 1.89 bits per heavy atom. The van der Waals surface area contributed by atoms with Gasteiger partial charge >= 0.3 is 0 Å². The van der Waals surface area contributed by atoms with Crippen LogP contribution < -0.4 is 5.32 Å². The van der Waals surface area contributed by atoms with Gasteiger partial charge in [-0.15, -0.1) is 11.3 Å². The van der Waals surface area contributed by atoms with E-state index < -0.39 is 0 Å². The molecule has 1 N–H and O–H groups in total. The number of thiazole rings is 1. The van der Waals surface area contributed by atoms with Crippen LogP contribution in [0.2, 0.25) is 10.3 Å². The molecule has 3 nitrogen and oxygen atoms in total. The molecule has 0 amide bonds. The van der Waals surface area contributed by atoms with Gasteiger partial charge in [0.2, 0.25) is 0 Å². The van der Waals surface area contributed by atoms with Crippen LogP contribution in [0, 0.1) is 20.8 Å². The summed E-state index contributed by atoms with van der Waals surface area (Å²) in [5.41, 5.74) is 2.83. The molecule has 0 aliphatic carbocycles. The quantitative estimate of drug-likeness (QED) is 0.815. The molecule has 0 aromatic carbocycles. The topological polar surface area (TPSA) is 37.8 Å². The lowest BCUT2D eigenvalue weighted by Gasteiger charge is -2.17. The molecule has 1 atom stereocenters. The summed E-state index contributed by atoms with van der Waals surface area (Å²) in [6.45, 7) is 8.10. The molecule has 2 rings (SSSR count). The predicted molar refractivity (Wildman–Crippen MR) is 82.6 cm³/mol. The molecule has 0 aliphatic rings. The van der Waals surface area contributed by atoms with Crippen LogP contribution in [0.5, 0.6) is 0 Å². The summed E-state index contributed by atoms with van der Waals surface area (Å²) in [7, 11) is 0. The number of aromatic nitrogens is 2. The average molecular weight is 316 g/mol. The molecule has 0 bridgehead atoms. The maximum absolute atomic E-state index is 6.14. The number of pyridine rings is 1. The number of rotatable bonds is 3. The van der Waals surface area contributed by atoms with E-state index in [4.69, 9.17) is 23.2 Å². The molecule has 0 saturated carbocycles. The van der Waals surface area contributed by atoms with E-state index in [0.717, 1.165) is 22.0 Å². The molecule has 0 saturated heterocycles. The van der Waals surface area contributed by atoms with Crippen LogP contribution in [0.3, 0.4) is 0 Å². The minimum absolute atomic E-state index is 0.0733. The van der Waals surface area contributed by atoms with E-state index in [2.05, 4.69) is 29.1 Å². The van der Waals surface area contributed by atoms with Crippen LogP contribution in [0.1, 0.15) is 34.1 Å². The van der Waals surface area contributed by atoms with Gasteiger partial charge in [0, 0.05) is 4.88 Å². The van der Waals surface area contributed by atoms with E-state index in [-0.39, 0.29) is 6.04 Å². The first-order valence-electron chi connectivity index (χ1n) is 5.91. The monoisotopic (exact) mass is 315 g/mol. The number of nitrogens with one attached hydrogen (secondary N) is 1. The maximum atomic E-state index is 6.14. The molecule has 0 radical (unpaired) electrons. The van der Waals surface area contributed by atoms with Crippen molar-refractivity contribution in [2.75, 3.05) is 5.32 Å². The van der Waals surface area contributed by atoms with Gasteiger partial charge in [-0.05, 0) is 39.3 Å². The number of aryl methyl sites for hydroxylation is 3. The van der Waals surface area contributed by atoms with Crippen molar-refractivity contribution < 1.29 is 0 Å². The highest BCUT2D eigenvalue weighted by molar-refractivity contribution is 7.11. The molecule has 2 heterocycles. The first kappa shape index (κ1) is 14.6. The van der Waals surface area contributed by atoms with E-state index in [9.17, 15) is 0 Å². The molecular weight excluding hydrogens is 301 g/mol. The zero-order valence-corrected chi connectivity index (χ0v) is 13.5. The molecule has 6 heteroatoms. The molecule has 1 unspecified atom stereocenters. The highest BCUT2D eigenvalue weighted by Crippen LogP contribution is 2.31. The molecule has 0 fully saturated rings. The largest absolute Gasteiger partial charge is 0.374 e. The fourth-order valence-electron chi connectivity index (χ4n) is 2.00. The van der Waals surface area contributed by atoms with Crippen molar-refractivity contribution >= 4 is 40.2 Å². The van der Waals surface area contributed by atoms with Gasteiger partial charge in [-0.3, -0.25) is 0 Å². The molecule has 2 aromatic heterocycles. The second-order valence-electron chi connectivity index (χ2n) is 4.47. The summed E-state index contributed by atoms with van der Waals surface area (Å²) < 4.78 is 0. The van der Waals surface area contributed by atoms with E-state index in [1.807, 2.05) is 13.8 Å². The lowest BCUT2D eigenvalue weighted by Crippen LogP contribution is -2.10. The summed E-state index contributed by atoms with van der Waals surface area (Å²) in [6.07, 6.45) is 0. The molecular formula is C13H15Cl2N3S. The van der Waals surface area contributed by atoms with Crippen molar-refractivity contribution in [2.24, 2.45) is 0 Å². The van der Waals surface area contributed by atoms with Gasteiger partial charge in [0.15, 0.2) is 5.15 Å². The Labute approximate surface area is 127 Å². The third kappa shape index (κ3) is 3.19. The lowest BCUT2D eigenvalue weighted by molar-refractivity contribution is 0.834. The van der Waals surface area contributed by atoms with Gasteiger partial charge in [-0.1, -0.05) is 23.2 Å². The minimum atomic E-state index is 0.0733. The number of hydrogen-bond acceptors (Lipinski definition) is 4. The molecule has 19 heavy (non-hydrogen) atoms. The Balaban J connectivity index is 2.29. The van der Waals surface area contributed by atoms with E-state index in [1.165, 1.54) is 4.88 Å². The lowest BCUT2D eigenvalue weighted by atomic mass is 10.2. The predicted octanol–water partition coefficient (Wildman–Crippen LogP) is 4.94. The number of anilines is 1. The molecule has 2 aromatic rings. The fourth-order valence-corrected chi connectivity index (χ4v) is 3.50. The number of halogens is 2. The standard InChI is InChI=1S/C13H15Cl2N3S/c1-6-5-10(14)18-13(15)11(6)16-7(2)12-8(3)19-9(4)17-12/h5,7,16H,1-4H3. The normalized spacial score (nSPS) is 12.5. The van der Waals surface area contributed by atoms with Crippen molar-refractivity contribution in [3.05, 3.63) is 37.5 Å². The van der Waals surface area contributed by atoms with Crippen molar-refractivity contribution in [3.8, 4) is 0 Å². The maximum Gasteiger partial charge on any atom is 0.154 e. The van der Waals surface area contributed by atoms with Crippen LogP contribution in [-0.2, 0) is 0 Å². The van der Waals surface area contributed by atoms with Gasteiger partial charge in [0.25, 0.3) is 0 Å². The number of nitrogens with zero attached hydrogens (tertiary/aromatic N) is 2. The van der Waals surface area contributed by atoms with Crippen LogP contribution in [0.15, 0.2) is 6.07 Å². The van der Waals surface area contributed by atoms with Gasteiger partial charge in [0.05, 0.1) is 22.4 Å². The summed E-state index contributed by atoms with van der Waals surface area (Å²) in [5.74, 6) is 0. The number of hydrogen-bond donors (Lipinski definition) is 1. The third-order valence-corrected chi connectivity index (χ3v) is 4.22. The third-order valence-electron chi connectivity index (χ3n) is 2.85. The van der Waals surface area contributed by atoms with Gasteiger partial charge < -0.3 is 5.32 Å². The zero-order chi connectivity index (χ0) is 14.2. The summed E-state index contributed by atoms with van der Waals surface area (Å²) in [4.78, 5) is 9.82. The van der Waals surface area contributed by atoms with Crippen LogP contribution >= 0.6 is 34.5 Å². The van der Waals surface area contributed by atoms with E-state index in [0.29, 0.717) is 10.3 Å². The molecule has 0 spiro atoms. The average Bonchev–Trinajstić information content (AvgIpc) is 2.62. The highest BCUT2D eigenvalue weighted by atomic mass is 35.5. The van der Waals surface area contributed by atoms with Crippen LogP contribution in [0.4, 0.5) is 5.69 Å². The Morgan fingerprint density at radius 1 is 1.21 bits per heavy atom. The Hall–Kier alpha value is -0.840. The van der Waals surface area contributed by atoms with Gasteiger partial charge in [-0.2, -0.15) is 0 Å². The Kier molecular flexibility index (Phi) is 4.33. The van der Waals surface area contributed by atoms with Gasteiger partial charge in [0.1, 0.15) is 5.15 Å².